The molecule has 106 valence electrons. The summed E-state index contributed by atoms with van der Waals surface area (Å²) in [5.74, 6) is 0.614. The van der Waals surface area contributed by atoms with Gasteiger partial charge >= 0.3 is 0 Å². The number of aromatic nitrogens is 5. The fourth-order valence-electron chi connectivity index (χ4n) is 1.91. The molecular formula is C14H13ClN6. The van der Waals surface area contributed by atoms with E-state index in [-0.39, 0.29) is 0 Å². The molecule has 0 atom stereocenters. The third kappa shape index (κ3) is 3.35. The van der Waals surface area contributed by atoms with Crippen molar-refractivity contribution in [3.05, 3.63) is 59.4 Å². The van der Waals surface area contributed by atoms with Gasteiger partial charge in [0.2, 0.25) is 5.95 Å². The molecule has 7 heteroatoms. The molecule has 1 N–H and O–H groups in total. The van der Waals surface area contributed by atoms with Crippen LogP contribution in [0.4, 0.5) is 5.95 Å². The number of rotatable bonds is 5. The second kappa shape index (κ2) is 6.32. The van der Waals surface area contributed by atoms with E-state index in [2.05, 4.69) is 25.8 Å². The van der Waals surface area contributed by atoms with Crippen LogP contribution in [0.1, 0.15) is 5.56 Å². The Hall–Kier alpha value is -2.47. The molecule has 2 aromatic heterocycles. The van der Waals surface area contributed by atoms with Crippen LogP contribution in [0.15, 0.2) is 48.7 Å². The maximum absolute atomic E-state index is 5.76. The number of hydrogen-bond donors (Lipinski definition) is 1. The summed E-state index contributed by atoms with van der Waals surface area (Å²) in [5, 5.41) is 15.4. The topological polar surface area (TPSA) is 68.5 Å². The molecule has 0 amide bonds. The van der Waals surface area contributed by atoms with Crippen LogP contribution in [-0.4, -0.2) is 31.7 Å². The lowest BCUT2D eigenvalue weighted by Crippen LogP contribution is -2.10. The second-order valence-electron chi connectivity index (χ2n) is 4.42. The van der Waals surface area contributed by atoms with Gasteiger partial charge in [0.1, 0.15) is 5.15 Å². The van der Waals surface area contributed by atoms with Crippen molar-refractivity contribution in [2.24, 2.45) is 0 Å². The van der Waals surface area contributed by atoms with Crippen molar-refractivity contribution < 1.29 is 0 Å². The predicted molar refractivity (Wildman–Crippen MR) is 80.6 cm³/mol. The van der Waals surface area contributed by atoms with Crippen LogP contribution in [0.3, 0.4) is 0 Å². The van der Waals surface area contributed by atoms with Crippen LogP contribution in [0, 0.1) is 0 Å². The van der Waals surface area contributed by atoms with Crippen molar-refractivity contribution in [2.45, 2.75) is 6.42 Å². The minimum atomic E-state index is 0.500. The van der Waals surface area contributed by atoms with E-state index in [0.717, 1.165) is 17.7 Å². The number of hydrogen-bond acceptors (Lipinski definition) is 5. The number of para-hydroxylation sites is 1. The fraction of sp³-hybridized carbons (Fsp3) is 0.143. The predicted octanol–water partition coefficient (Wildman–Crippen LogP) is 2.37. The van der Waals surface area contributed by atoms with Crippen molar-refractivity contribution in [3.63, 3.8) is 0 Å². The minimum Gasteiger partial charge on any atom is -0.352 e. The average molecular weight is 301 g/mol. The lowest BCUT2D eigenvalue weighted by Gasteiger charge is -2.06. The number of nitrogens with one attached hydrogen (secondary N) is 1. The van der Waals surface area contributed by atoms with Crippen molar-refractivity contribution in [1.82, 2.24) is 25.2 Å². The minimum absolute atomic E-state index is 0.500. The molecule has 0 unspecified atom stereocenters. The highest BCUT2D eigenvalue weighted by Crippen LogP contribution is 2.11. The summed E-state index contributed by atoms with van der Waals surface area (Å²) in [6.45, 7) is 0.705. The number of halogens is 1. The van der Waals surface area contributed by atoms with Gasteiger partial charge in [-0.2, -0.15) is 4.68 Å². The van der Waals surface area contributed by atoms with E-state index < -0.39 is 0 Å². The quantitative estimate of drug-likeness (QED) is 0.733. The van der Waals surface area contributed by atoms with Crippen molar-refractivity contribution in [1.29, 1.82) is 0 Å². The molecule has 0 saturated heterocycles. The van der Waals surface area contributed by atoms with Crippen molar-refractivity contribution in [3.8, 4) is 5.69 Å². The Kier molecular flexibility index (Phi) is 4.07. The highest BCUT2D eigenvalue weighted by atomic mass is 35.5. The summed E-state index contributed by atoms with van der Waals surface area (Å²) in [6.07, 6.45) is 2.58. The Balaban J connectivity index is 1.64. The highest BCUT2D eigenvalue weighted by Gasteiger charge is 2.06. The lowest BCUT2D eigenvalue weighted by atomic mass is 10.2. The average Bonchev–Trinajstić information content (AvgIpc) is 2.99. The molecule has 0 spiro atoms. The number of anilines is 1. The molecule has 0 fully saturated rings. The van der Waals surface area contributed by atoms with Gasteiger partial charge in [-0.3, -0.25) is 0 Å². The van der Waals surface area contributed by atoms with Gasteiger partial charge in [0.25, 0.3) is 0 Å². The zero-order valence-electron chi connectivity index (χ0n) is 11.1. The summed E-state index contributed by atoms with van der Waals surface area (Å²) in [6, 6.07) is 13.5. The molecule has 2 heterocycles. The van der Waals surface area contributed by atoms with Gasteiger partial charge < -0.3 is 5.32 Å². The Morgan fingerprint density at radius 1 is 1.10 bits per heavy atom. The van der Waals surface area contributed by atoms with E-state index in [4.69, 9.17) is 11.6 Å². The summed E-state index contributed by atoms with van der Waals surface area (Å²) >= 11 is 5.76. The first-order valence-corrected chi connectivity index (χ1v) is 6.89. The van der Waals surface area contributed by atoms with Crippen molar-refractivity contribution >= 4 is 17.5 Å². The van der Waals surface area contributed by atoms with Gasteiger partial charge in [-0.15, -0.1) is 0 Å². The third-order valence-electron chi connectivity index (χ3n) is 2.96. The first-order valence-electron chi connectivity index (χ1n) is 6.51. The van der Waals surface area contributed by atoms with E-state index in [9.17, 15) is 0 Å². The Morgan fingerprint density at radius 2 is 1.95 bits per heavy atom. The molecule has 6 nitrogen and oxygen atoms in total. The molecule has 3 aromatic rings. The van der Waals surface area contributed by atoms with E-state index in [1.54, 1.807) is 16.9 Å². The molecule has 0 bridgehead atoms. The van der Waals surface area contributed by atoms with Gasteiger partial charge in [0.15, 0.2) is 0 Å². The smallest absolute Gasteiger partial charge is 0.247 e. The molecule has 0 aliphatic rings. The standard InChI is InChI=1S/C14H13ClN6/c15-13-7-6-11(10-17-13)8-9-16-14-18-19-20-21(14)12-4-2-1-3-5-12/h1-7,10H,8-9H2,(H,16,18,20). The number of nitrogens with zero attached hydrogens (tertiary/aromatic N) is 5. The van der Waals surface area contributed by atoms with Crippen LogP contribution in [-0.2, 0) is 6.42 Å². The Labute approximate surface area is 126 Å². The van der Waals surface area contributed by atoms with Gasteiger partial charge in [0.05, 0.1) is 5.69 Å². The fourth-order valence-corrected chi connectivity index (χ4v) is 2.03. The van der Waals surface area contributed by atoms with Crippen LogP contribution in [0.25, 0.3) is 5.69 Å². The van der Waals surface area contributed by atoms with Gasteiger partial charge in [-0.05, 0) is 40.6 Å². The summed E-state index contributed by atoms with van der Waals surface area (Å²) in [4.78, 5) is 4.05. The maximum Gasteiger partial charge on any atom is 0.247 e. The highest BCUT2D eigenvalue weighted by molar-refractivity contribution is 6.29. The molecule has 0 aliphatic carbocycles. The second-order valence-corrected chi connectivity index (χ2v) is 4.80. The summed E-state index contributed by atoms with van der Waals surface area (Å²) in [7, 11) is 0. The zero-order valence-corrected chi connectivity index (χ0v) is 11.9. The first kappa shape index (κ1) is 13.5. The summed E-state index contributed by atoms with van der Waals surface area (Å²) in [5.41, 5.74) is 2.02. The van der Waals surface area contributed by atoms with Crippen LogP contribution in [0.5, 0.6) is 0 Å². The Bertz CT molecular complexity index is 695. The van der Waals surface area contributed by atoms with Crippen LogP contribution in [0.2, 0.25) is 5.15 Å². The largest absolute Gasteiger partial charge is 0.352 e. The molecule has 0 saturated carbocycles. The Morgan fingerprint density at radius 3 is 2.71 bits per heavy atom. The molecule has 0 radical (unpaired) electrons. The third-order valence-corrected chi connectivity index (χ3v) is 3.18. The molecule has 21 heavy (non-hydrogen) atoms. The number of tetrazole rings is 1. The normalized spacial score (nSPS) is 10.5. The van der Waals surface area contributed by atoms with Gasteiger partial charge in [0, 0.05) is 12.7 Å². The monoisotopic (exact) mass is 300 g/mol. The van der Waals surface area contributed by atoms with E-state index >= 15 is 0 Å². The maximum atomic E-state index is 5.76. The molecule has 3 rings (SSSR count). The van der Waals surface area contributed by atoms with Crippen molar-refractivity contribution in [2.75, 3.05) is 11.9 Å². The van der Waals surface area contributed by atoms with Crippen LogP contribution >= 0.6 is 11.6 Å². The summed E-state index contributed by atoms with van der Waals surface area (Å²) < 4.78 is 1.67. The zero-order chi connectivity index (χ0) is 14.5. The van der Waals surface area contributed by atoms with Crippen LogP contribution < -0.4 is 5.32 Å². The van der Waals surface area contributed by atoms with E-state index in [1.807, 2.05) is 36.4 Å². The SMILES string of the molecule is Clc1ccc(CCNc2nnnn2-c2ccccc2)cn1. The molecule has 0 aliphatic heterocycles. The number of pyridine rings is 1. The van der Waals surface area contributed by atoms with Gasteiger partial charge in [-0.25, -0.2) is 4.98 Å². The van der Waals surface area contributed by atoms with E-state index in [0.29, 0.717) is 17.6 Å². The number of benzene rings is 1. The molecular weight excluding hydrogens is 288 g/mol. The molecule has 1 aromatic carbocycles. The van der Waals surface area contributed by atoms with E-state index in [1.165, 1.54) is 0 Å². The first-order chi connectivity index (χ1) is 10.3. The lowest BCUT2D eigenvalue weighted by molar-refractivity contribution is 0.789. The van der Waals surface area contributed by atoms with Gasteiger partial charge in [-0.1, -0.05) is 41.0 Å².